The molecule has 0 saturated carbocycles. The molecule has 5 rings (SSSR count). The molecule has 0 fully saturated rings. The second-order valence-electron chi connectivity index (χ2n) is 8.74. The van der Waals surface area contributed by atoms with E-state index < -0.39 is 0 Å². The Morgan fingerprint density at radius 2 is 1.83 bits per heavy atom. The number of benzene rings is 1. The van der Waals surface area contributed by atoms with Gasteiger partial charge in [0.1, 0.15) is 29.6 Å². The summed E-state index contributed by atoms with van der Waals surface area (Å²) in [4.78, 5) is 9.39. The second kappa shape index (κ2) is 9.99. The lowest BCUT2D eigenvalue weighted by atomic mass is 10.1. The average Bonchev–Trinajstić information content (AvgIpc) is 3.27. The molecule has 0 aliphatic heterocycles. The number of hydrogen-bond donors (Lipinski definition) is 1. The van der Waals surface area contributed by atoms with Gasteiger partial charge in [0.2, 0.25) is 0 Å². The Bertz CT molecular complexity index is 1510. The lowest BCUT2D eigenvalue weighted by Crippen LogP contribution is -2.01. The fourth-order valence-electron chi connectivity index (χ4n) is 3.84. The predicted octanol–water partition coefficient (Wildman–Crippen LogP) is 5.27. The normalized spacial score (nSPS) is 11.1. The van der Waals surface area contributed by atoms with E-state index >= 15 is 0 Å². The van der Waals surface area contributed by atoms with Crippen LogP contribution in [0.2, 0.25) is 0 Å². The van der Waals surface area contributed by atoms with Crippen molar-refractivity contribution in [3.05, 3.63) is 78.4 Å². The first-order valence-electron chi connectivity index (χ1n) is 11.6. The summed E-state index contributed by atoms with van der Waals surface area (Å²) in [6.07, 6.45) is 5.58. The van der Waals surface area contributed by atoms with E-state index in [1.165, 1.54) is 0 Å². The molecule has 9 heteroatoms. The summed E-state index contributed by atoms with van der Waals surface area (Å²) in [5, 5.41) is 16.1. The molecule has 5 aromatic rings. The Labute approximate surface area is 209 Å². The molecule has 4 heterocycles. The van der Waals surface area contributed by atoms with Crippen LogP contribution in [-0.2, 0) is 13.7 Å². The highest BCUT2D eigenvalue weighted by Crippen LogP contribution is 2.28. The van der Waals surface area contributed by atoms with Crippen LogP contribution >= 0.6 is 0 Å². The Kier molecular flexibility index (Phi) is 6.44. The van der Waals surface area contributed by atoms with Crippen molar-refractivity contribution >= 4 is 22.7 Å². The molecule has 0 unspecified atom stereocenters. The number of nitrogens with one attached hydrogen (secondary N) is 1. The highest BCUT2D eigenvalue weighted by Gasteiger charge is 2.13. The van der Waals surface area contributed by atoms with E-state index in [9.17, 15) is 0 Å². The summed E-state index contributed by atoms with van der Waals surface area (Å²) in [6.45, 7) is 4.55. The number of anilines is 2. The molecule has 0 amide bonds. The van der Waals surface area contributed by atoms with Crippen molar-refractivity contribution < 1.29 is 9.47 Å². The van der Waals surface area contributed by atoms with Gasteiger partial charge in [0.05, 0.1) is 24.3 Å². The number of fused-ring (bicyclic) bond motifs is 1. The molecule has 0 spiro atoms. The predicted molar refractivity (Wildman–Crippen MR) is 138 cm³/mol. The second-order valence-corrected chi connectivity index (χ2v) is 8.74. The molecular weight excluding hydrogens is 454 g/mol. The minimum atomic E-state index is 0.307. The molecule has 1 aromatic carbocycles. The molecule has 0 atom stereocenters. The zero-order valence-corrected chi connectivity index (χ0v) is 20.6. The first-order chi connectivity index (χ1) is 17.5. The Morgan fingerprint density at radius 3 is 2.67 bits per heavy atom. The van der Waals surface area contributed by atoms with Gasteiger partial charge in [0, 0.05) is 36.6 Å². The lowest BCUT2D eigenvalue weighted by molar-refractivity contribution is 0.298. The molecule has 0 radical (unpaired) electrons. The molecule has 182 valence electrons. The minimum absolute atomic E-state index is 0.307. The van der Waals surface area contributed by atoms with Gasteiger partial charge in [0.15, 0.2) is 5.82 Å². The maximum Gasteiger partial charge on any atom is 0.154 e. The zero-order valence-electron chi connectivity index (χ0n) is 20.6. The molecule has 36 heavy (non-hydrogen) atoms. The molecule has 0 aliphatic rings. The topological polar surface area (TPSA) is 99.9 Å². The minimum Gasteiger partial charge on any atom is -0.497 e. The van der Waals surface area contributed by atoms with Gasteiger partial charge < -0.3 is 14.8 Å². The number of aromatic nitrogens is 6. The van der Waals surface area contributed by atoms with Crippen molar-refractivity contribution in [2.75, 3.05) is 12.4 Å². The highest BCUT2D eigenvalue weighted by atomic mass is 16.5. The van der Waals surface area contributed by atoms with E-state index in [2.05, 4.69) is 39.4 Å². The molecule has 1 N–H and O–H groups in total. The molecule has 9 nitrogen and oxygen atoms in total. The standard InChI is InChI=1S/C27H27N7O2/c1-17(2)18-11-27(32-29-14-18)31-26-9-8-23-24(30-26)10-19(13-28-23)22-15-34(3)33-25(22)16-36-21-7-5-6-20(12-21)35-4/h5-15,17H,16H2,1-4H3,(H,30,31,32). The number of methoxy groups -OCH3 is 1. The Hall–Kier alpha value is -4.53. The van der Waals surface area contributed by atoms with Crippen LogP contribution in [0.4, 0.5) is 11.6 Å². The molecule has 0 bridgehead atoms. The summed E-state index contributed by atoms with van der Waals surface area (Å²) >= 11 is 0. The Balaban J connectivity index is 1.41. The van der Waals surface area contributed by atoms with Crippen molar-refractivity contribution in [3.8, 4) is 22.6 Å². The summed E-state index contributed by atoms with van der Waals surface area (Å²) in [7, 11) is 3.52. The van der Waals surface area contributed by atoms with Gasteiger partial charge in [-0.25, -0.2) is 4.98 Å². The van der Waals surface area contributed by atoms with E-state index in [-0.39, 0.29) is 0 Å². The number of rotatable bonds is 8. The molecule has 4 aromatic heterocycles. The van der Waals surface area contributed by atoms with E-state index in [1.807, 2.05) is 68.0 Å². The molecule has 0 saturated heterocycles. The number of nitrogens with zero attached hydrogens (tertiary/aromatic N) is 6. The van der Waals surface area contributed by atoms with Crippen LogP contribution in [0.5, 0.6) is 11.5 Å². The largest absolute Gasteiger partial charge is 0.497 e. The van der Waals surface area contributed by atoms with Crippen LogP contribution in [0.25, 0.3) is 22.2 Å². The van der Waals surface area contributed by atoms with E-state index in [4.69, 9.17) is 14.5 Å². The van der Waals surface area contributed by atoms with E-state index in [0.29, 0.717) is 29.9 Å². The first kappa shape index (κ1) is 23.2. The van der Waals surface area contributed by atoms with Crippen LogP contribution in [-0.4, -0.2) is 37.1 Å². The SMILES string of the molecule is COc1cccc(OCc2nn(C)cc2-c2cnc3ccc(Nc4cc(C(C)C)cnn4)nc3c2)c1. The zero-order chi connectivity index (χ0) is 25.1. The number of aryl methyl sites for hydroxylation is 1. The van der Waals surface area contributed by atoms with Crippen molar-refractivity contribution in [2.45, 2.75) is 26.4 Å². The van der Waals surface area contributed by atoms with E-state index in [0.717, 1.165) is 39.2 Å². The fourth-order valence-corrected chi connectivity index (χ4v) is 3.84. The van der Waals surface area contributed by atoms with Gasteiger partial charge in [0.25, 0.3) is 0 Å². The third-order valence-corrected chi connectivity index (χ3v) is 5.77. The van der Waals surface area contributed by atoms with Crippen molar-refractivity contribution in [1.29, 1.82) is 0 Å². The van der Waals surface area contributed by atoms with E-state index in [1.54, 1.807) is 18.0 Å². The summed E-state index contributed by atoms with van der Waals surface area (Å²) in [5.41, 5.74) is 5.31. The third-order valence-electron chi connectivity index (χ3n) is 5.77. The summed E-state index contributed by atoms with van der Waals surface area (Å²) in [6, 6.07) is 15.3. The van der Waals surface area contributed by atoms with Crippen LogP contribution < -0.4 is 14.8 Å². The van der Waals surface area contributed by atoms with Gasteiger partial charge >= 0.3 is 0 Å². The van der Waals surface area contributed by atoms with Crippen molar-refractivity contribution in [1.82, 2.24) is 29.9 Å². The summed E-state index contributed by atoms with van der Waals surface area (Å²) in [5.74, 6) is 3.14. The highest BCUT2D eigenvalue weighted by molar-refractivity contribution is 5.82. The Morgan fingerprint density at radius 1 is 0.972 bits per heavy atom. The fraction of sp³-hybridized carbons (Fsp3) is 0.222. The quantitative estimate of drug-likeness (QED) is 0.320. The van der Waals surface area contributed by atoms with Gasteiger partial charge in [-0.1, -0.05) is 19.9 Å². The third kappa shape index (κ3) is 5.10. The monoisotopic (exact) mass is 481 g/mol. The average molecular weight is 482 g/mol. The smallest absolute Gasteiger partial charge is 0.154 e. The van der Waals surface area contributed by atoms with Crippen LogP contribution in [0, 0.1) is 0 Å². The maximum atomic E-state index is 5.99. The maximum absolute atomic E-state index is 5.99. The van der Waals surface area contributed by atoms with Gasteiger partial charge in [-0.05, 0) is 47.9 Å². The van der Waals surface area contributed by atoms with Crippen LogP contribution in [0.3, 0.4) is 0 Å². The van der Waals surface area contributed by atoms with Crippen LogP contribution in [0.1, 0.15) is 31.0 Å². The van der Waals surface area contributed by atoms with Crippen molar-refractivity contribution in [2.24, 2.45) is 7.05 Å². The lowest BCUT2D eigenvalue weighted by Gasteiger charge is -2.09. The van der Waals surface area contributed by atoms with Gasteiger partial charge in [-0.15, -0.1) is 5.10 Å². The first-order valence-corrected chi connectivity index (χ1v) is 11.6. The van der Waals surface area contributed by atoms with Crippen LogP contribution in [0.15, 0.2) is 67.1 Å². The number of pyridine rings is 2. The number of hydrogen-bond acceptors (Lipinski definition) is 8. The van der Waals surface area contributed by atoms with Crippen molar-refractivity contribution in [3.63, 3.8) is 0 Å². The van der Waals surface area contributed by atoms with Gasteiger partial charge in [-0.2, -0.15) is 10.2 Å². The summed E-state index contributed by atoms with van der Waals surface area (Å²) < 4.78 is 13.0. The molecular formula is C27H27N7O2. The number of ether oxygens (including phenoxy) is 2. The van der Waals surface area contributed by atoms with Gasteiger partial charge in [-0.3, -0.25) is 9.67 Å². The molecule has 0 aliphatic carbocycles.